The van der Waals surface area contributed by atoms with Crippen LogP contribution in [0.5, 0.6) is 0 Å². The van der Waals surface area contributed by atoms with Crippen molar-refractivity contribution in [3.63, 3.8) is 0 Å². The molecule has 142 valence electrons. The summed E-state index contributed by atoms with van der Waals surface area (Å²) in [5.41, 5.74) is 1.79. The van der Waals surface area contributed by atoms with Gasteiger partial charge in [0.2, 0.25) is 5.91 Å². The average Bonchev–Trinajstić information content (AvgIpc) is 2.62. The molecule has 1 aromatic carbocycles. The van der Waals surface area contributed by atoms with Crippen molar-refractivity contribution in [3.8, 4) is 11.1 Å². The van der Waals surface area contributed by atoms with E-state index in [0.717, 1.165) is 0 Å². The van der Waals surface area contributed by atoms with Gasteiger partial charge in [-0.25, -0.2) is 8.42 Å². The maximum absolute atomic E-state index is 12.2. The highest BCUT2D eigenvalue weighted by atomic mass is 35.5. The number of aromatic nitrogens is 1. The molecule has 0 bridgehead atoms. The molecule has 2 aromatic rings. The smallest absolute Gasteiger partial charge is 0.250 e. The standard InChI is InChI=1S/C19H19ClN2O4S/c1-3-18(23)22-6-7-27(25,26)12-17(22)15-8-14(9-16(20)10-15)13-4-5-21(2)19(24)11-13/h3-5,8-11,17H,1,6-7,12H2,2H3. The maximum Gasteiger partial charge on any atom is 0.250 e. The number of nitrogens with zero attached hydrogens (tertiary/aromatic N) is 2. The molecule has 1 unspecified atom stereocenters. The monoisotopic (exact) mass is 406 g/mol. The molecule has 0 aliphatic carbocycles. The lowest BCUT2D eigenvalue weighted by Gasteiger charge is -2.35. The van der Waals surface area contributed by atoms with Crippen molar-refractivity contribution in [2.75, 3.05) is 18.1 Å². The Morgan fingerprint density at radius 2 is 2.00 bits per heavy atom. The zero-order chi connectivity index (χ0) is 19.8. The summed E-state index contributed by atoms with van der Waals surface area (Å²) in [7, 11) is -1.63. The SMILES string of the molecule is C=CC(=O)N1CCS(=O)(=O)CC1c1cc(Cl)cc(-c2ccn(C)c(=O)c2)c1. The van der Waals surface area contributed by atoms with Crippen molar-refractivity contribution in [1.82, 2.24) is 9.47 Å². The molecule has 27 heavy (non-hydrogen) atoms. The lowest BCUT2D eigenvalue weighted by molar-refractivity contribution is -0.127. The molecule has 0 N–H and O–H groups in total. The Bertz CT molecular complexity index is 1080. The Balaban J connectivity index is 2.10. The summed E-state index contributed by atoms with van der Waals surface area (Å²) in [4.78, 5) is 25.6. The largest absolute Gasteiger partial charge is 0.330 e. The predicted octanol–water partition coefficient (Wildman–Crippen LogP) is 2.19. The van der Waals surface area contributed by atoms with Crippen molar-refractivity contribution < 1.29 is 13.2 Å². The van der Waals surface area contributed by atoms with Gasteiger partial charge in [-0.15, -0.1) is 0 Å². The molecule has 8 heteroatoms. The normalized spacial score (nSPS) is 18.9. The van der Waals surface area contributed by atoms with E-state index in [1.807, 2.05) is 0 Å². The first kappa shape index (κ1) is 19.4. The quantitative estimate of drug-likeness (QED) is 0.732. The molecule has 0 radical (unpaired) electrons. The molecule has 1 amide bonds. The Morgan fingerprint density at radius 1 is 1.26 bits per heavy atom. The Hall–Kier alpha value is -2.38. The molecule has 2 heterocycles. The van der Waals surface area contributed by atoms with Gasteiger partial charge in [-0.1, -0.05) is 18.2 Å². The number of amides is 1. The third kappa shape index (κ3) is 4.14. The number of pyridine rings is 1. The minimum atomic E-state index is -3.28. The number of halogens is 1. The molecule has 1 aliphatic rings. The molecule has 1 aromatic heterocycles. The summed E-state index contributed by atoms with van der Waals surface area (Å²) in [5, 5.41) is 0.400. The van der Waals surface area contributed by atoms with Gasteiger partial charge in [0, 0.05) is 30.9 Å². The second kappa shape index (κ2) is 7.32. The van der Waals surface area contributed by atoms with Gasteiger partial charge in [-0.2, -0.15) is 0 Å². The molecular formula is C19H19ClN2O4S. The summed E-state index contributed by atoms with van der Waals surface area (Å²) >= 11 is 6.27. The van der Waals surface area contributed by atoms with Crippen molar-refractivity contribution in [1.29, 1.82) is 0 Å². The van der Waals surface area contributed by atoms with E-state index in [4.69, 9.17) is 11.6 Å². The van der Waals surface area contributed by atoms with Crippen LogP contribution in [0, 0.1) is 0 Å². The highest BCUT2D eigenvalue weighted by Gasteiger charge is 2.34. The van der Waals surface area contributed by atoms with Crippen LogP contribution < -0.4 is 5.56 Å². The van der Waals surface area contributed by atoms with Crippen LogP contribution in [0.15, 0.2) is 54.0 Å². The zero-order valence-corrected chi connectivity index (χ0v) is 16.3. The molecule has 1 saturated heterocycles. The number of hydrogen-bond acceptors (Lipinski definition) is 4. The van der Waals surface area contributed by atoms with E-state index in [-0.39, 0.29) is 29.5 Å². The fraction of sp³-hybridized carbons (Fsp3) is 0.263. The van der Waals surface area contributed by atoms with E-state index in [9.17, 15) is 18.0 Å². The Morgan fingerprint density at radius 3 is 2.67 bits per heavy atom. The number of carbonyl (C=O) groups is 1. The van der Waals surface area contributed by atoms with Gasteiger partial charge in [0.15, 0.2) is 9.84 Å². The van der Waals surface area contributed by atoms with Crippen molar-refractivity contribution >= 4 is 27.3 Å². The van der Waals surface area contributed by atoms with Gasteiger partial charge in [0.25, 0.3) is 5.56 Å². The molecular weight excluding hydrogens is 388 g/mol. The number of aryl methyl sites for hydroxylation is 1. The summed E-state index contributed by atoms with van der Waals surface area (Å²) in [6.45, 7) is 3.60. The third-order valence-electron chi connectivity index (χ3n) is 4.63. The summed E-state index contributed by atoms with van der Waals surface area (Å²) in [5.74, 6) is -0.585. The van der Waals surface area contributed by atoms with Gasteiger partial charge in [-0.05, 0) is 47.0 Å². The number of sulfone groups is 1. The van der Waals surface area contributed by atoms with E-state index < -0.39 is 15.9 Å². The minimum Gasteiger partial charge on any atom is -0.330 e. The highest BCUT2D eigenvalue weighted by Crippen LogP contribution is 2.32. The third-order valence-corrected chi connectivity index (χ3v) is 6.48. The number of carbonyl (C=O) groups excluding carboxylic acids is 1. The van der Waals surface area contributed by atoms with Crippen LogP contribution in [-0.2, 0) is 21.7 Å². The van der Waals surface area contributed by atoms with E-state index in [2.05, 4.69) is 6.58 Å². The molecule has 6 nitrogen and oxygen atoms in total. The minimum absolute atomic E-state index is 0.0781. The van der Waals surface area contributed by atoms with Gasteiger partial charge in [0.05, 0.1) is 17.5 Å². The fourth-order valence-electron chi connectivity index (χ4n) is 3.16. The summed E-state index contributed by atoms with van der Waals surface area (Å²) < 4.78 is 25.8. The molecule has 1 aliphatic heterocycles. The van der Waals surface area contributed by atoms with Crippen LogP contribution in [0.25, 0.3) is 11.1 Å². The van der Waals surface area contributed by atoms with Gasteiger partial charge < -0.3 is 9.47 Å². The topological polar surface area (TPSA) is 76.5 Å². The van der Waals surface area contributed by atoms with E-state index in [1.54, 1.807) is 37.5 Å². The molecule has 1 atom stereocenters. The summed E-state index contributed by atoms with van der Waals surface area (Å²) in [6.07, 6.45) is 2.83. The average molecular weight is 407 g/mol. The molecule has 1 fully saturated rings. The van der Waals surface area contributed by atoms with Gasteiger partial charge in [0.1, 0.15) is 0 Å². The van der Waals surface area contributed by atoms with Crippen molar-refractivity contribution in [2.24, 2.45) is 7.05 Å². The maximum atomic E-state index is 12.2. The molecule has 0 spiro atoms. The van der Waals surface area contributed by atoms with Gasteiger partial charge >= 0.3 is 0 Å². The van der Waals surface area contributed by atoms with Crippen LogP contribution in [0.2, 0.25) is 5.02 Å². The van der Waals surface area contributed by atoms with Crippen molar-refractivity contribution in [3.05, 3.63) is 70.1 Å². The summed E-state index contributed by atoms with van der Waals surface area (Å²) in [6, 6.07) is 7.74. The second-order valence-corrected chi connectivity index (χ2v) is 9.17. The first-order valence-electron chi connectivity index (χ1n) is 8.31. The van der Waals surface area contributed by atoms with Crippen LogP contribution in [0.4, 0.5) is 0 Å². The first-order valence-corrected chi connectivity index (χ1v) is 10.5. The van der Waals surface area contributed by atoms with E-state index in [1.165, 1.54) is 21.6 Å². The second-order valence-electron chi connectivity index (χ2n) is 6.50. The van der Waals surface area contributed by atoms with E-state index >= 15 is 0 Å². The fourth-order valence-corrected chi connectivity index (χ4v) is 4.90. The van der Waals surface area contributed by atoms with Crippen LogP contribution in [-0.4, -0.2) is 41.8 Å². The highest BCUT2D eigenvalue weighted by molar-refractivity contribution is 7.91. The molecule has 3 rings (SSSR count). The Labute approximate surface area is 162 Å². The Kier molecular flexibility index (Phi) is 5.26. The number of benzene rings is 1. The van der Waals surface area contributed by atoms with Crippen LogP contribution >= 0.6 is 11.6 Å². The first-order chi connectivity index (χ1) is 12.7. The lowest BCUT2D eigenvalue weighted by Crippen LogP contribution is -2.45. The molecule has 0 saturated carbocycles. The van der Waals surface area contributed by atoms with E-state index in [0.29, 0.717) is 21.7 Å². The van der Waals surface area contributed by atoms with Crippen molar-refractivity contribution in [2.45, 2.75) is 6.04 Å². The van der Waals surface area contributed by atoms with Crippen LogP contribution in [0.1, 0.15) is 11.6 Å². The predicted molar refractivity (Wildman–Crippen MR) is 105 cm³/mol. The lowest BCUT2D eigenvalue weighted by atomic mass is 9.99. The zero-order valence-electron chi connectivity index (χ0n) is 14.8. The van der Waals surface area contributed by atoms with Gasteiger partial charge in [-0.3, -0.25) is 9.59 Å². The number of rotatable bonds is 3. The van der Waals surface area contributed by atoms with Crippen LogP contribution in [0.3, 0.4) is 0 Å². The number of hydrogen-bond donors (Lipinski definition) is 0.